The predicted molar refractivity (Wildman–Crippen MR) is 113 cm³/mol. The molecule has 3 aromatic rings. The molecule has 1 aliphatic carbocycles. The number of aromatic nitrogens is 3. The number of H-pyrrole nitrogens is 1. The van der Waals surface area contributed by atoms with Crippen molar-refractivity contribution in [3.8, 4) is 11.5 Å². The molecule has 0 bridgehead atoms. The second-order valence-corrected chi connectivity index (χ2v) is 7.40. The maximum atomic E-state index is 12.9. The van der Waals surface area contributed by atoms with Crippen molar-refractivity contribution in [2.75, 3.05) is 27.9 Å². The van der Waals surface area contributed by atoms with Crippen molar-refractivity contribution >= 4 is 16.8 Å². The van der Waals surface area contributed by atoms with Crippen LogP contribution in [0.4, 0.5) is 0 Å². The smallest absolute Gasteiger partial charge is 0.330 e. The standard InChI is InChI=1S/C22H23N3O6/c1-29-7-6-25-20-19(21(27)24-22(25)28)14-8-13(9-16(26)15(14)11-23-20)12-4-5-17(30-2)18(10-12)31-3/h4-5,10-11,13H,6-9H2,1-3H3,(H,24,27,28). The van der Waals surface area contributed by atoms with Crippen molar-refractivity contribution in [1.82, 2.24) is 14.5 Å². The molecule has 1 unspecified atom stereocenters. The van der Waals surface area contributed by atoms with Crippen LogP contribution in [0.1, 0.15) is 33.8 Å². The topological polar surface area (TPSA) is 113 Å². The van der Waals surface area contributed by atoms with Crippen LogP contribution in [0.15, 0.2) is 34.0 Å². The Balaban J connectivity index is 1.86. The normalized spacial score (nSPS) is 15.7. The summed E-state index contributed by atoms with van der Waals surface area (Å²) < 4.78 is 17.1. The summed E-state index contributed by atoms with van der Waals surface area (Å²) in [7, 11) is 4.65. The first-order valence-electron chi connectivity index (χ1n) is 9.87. The Morgan fingerprint density at radius 3 is 2.58 bits per heavy atom. The van der Waals surface area contributed by atoms with E-state index in [9.17, 15) is 14.4 Å². The second-order valence-electron chi connectivity index (χ2n) is 7.40. The zero-order valence-corrected chi connectivity index (χ0v) is 17.6. The Bertz CT molecular complexity index is 1280. The molecule has 1 N–H and O–H groups in total. The van der Waals surface area contributed by atoms with Crippen molar-refractivity contribution in [2.45, 2.75) is 25.3 Å². The lowest BCUT2D eigenvalue weighted by molar-refractivity contribution is 0.0964. The number of rotatable bonds is 6. The van der Waals surface area contributed by atoms with Crippen LogP contribution in [-0.2, 0) is 17.7 Å². The van der Waals surface area contributed by atoms with Crippen LogP contribution in [0.3, 0.4) is 0 Å². The van der Waals surface area contributed by atoms with Gasteiger partial charge in [-0.3, -0.25) is 19.1 Å². The highest BCUT2D eigenvalue weighted by atomic mass is 16.5. The Morgan fingerprint density at radius 2 is 1.87 bits per heavy atom. The van der Waals surface area contributed by atoms with E-state index in [1.807, 2.05) is 12.1 Å². The summed E-state index contributed by atoms with van der Waals surface area (Å²) in [6, 6.07) is 5.55. The first-order chi connectivity index (χ1) is 15.0. The molecule has 0 saturated carbocycles. The Kier molecular flexibility index (Phi) is 5.60. The number of hydrogen-bond donors (Lipinski definition) is 1. The van der Waals surface area contributed by atoms with Gasteiger partial charge in [-0.1, -0.05) is 6.07 Å². The third-order valence-electron chi connectivity index (χ3n) is 5.70. The van der Waals surface area contributed by atoms with Gasteiger partial charge in [0.25, 0.3) is 5.56 Å². The van der Waals surface area contributed by atoms with Gasteiger partial charge in [-0.15, -0.1) is 0 Å². The van der Waals surface area contributed by atoms with Crippen LogP contribution in [0.25, 0.3) is 11.0 Å². The molecule has 1 aromatic carbocycles. The molecule has 0 aliphatic heterocycles. The van der Waals surface area contributed by atoms with E-state index in [1.165, 1.54) is 17.9 Å². The molecule has 2 aromatic heterocycles. The molecule has 162 valence electrons. The van der Waals surface area contributed by atoms with E-state index >= 15 is 0 Å². The number of methoxy groups -OCH3 is 3. The maximum absolute atomic E-state index is 12.9. The first kappa shape index (κ1) is 20.8. The number of ketones is 1. The van der Waals surface area contributed by atoms with E-state index < -0.39 is 11.2 Å². The van der Waals surface area contributed by atoms with Crippen LogP contribution in [0.2, 0.25) is 0 Å². The van der Waals surface area contributed by atoms with Gasteiger partial charge in [0.15, 0.2) is 17.3 Å². The zero-order chi connectivity index (χ0) is 22.1. The summed E-state index contributed by atoms with van der Waals surface area (Å²) in [5.41, 5.74) is 1.09. The monoisotopic (exact) mass is 425 g/mol. The van der Waals surface area contributed by atoms with Gasteiger partial charge in [-0.25, -0.2) is 9.78 Å². The Labute approximate surface area is 177 Å². The van der Waals surface area contributed by atoms with Crippen LogP contribution >= 0.6 is 0 Å². The number of pyridine rings is 1. The van der Waals surface area contributed by atoms with E-state index in [4.69, 9.17) is 14.2 Å². The van der Waals surface area contributed by atoms with Crippen molar-refractivity contribution in [2.24, 2.45) is 0 Å². The van der Waals surface area contributed by atoms with Crippen molar-refractivity contribution in [3.05, 3.63) is 61.9 Å². The van der Waals surface area contributed by atoms with Crippen LogP contribution < -0.4 is 20.7 Å². The number of nitrogens with zero attached hydrogens (tertiary/aromatic N) is 2. The number of nitrogens with one attached hydrogen (secondary N) is 1. The summed E-state index contributed by atoms with van der Waals surface area (Å²) in [6.45, 7) is 0.522. The van der Waals surface area contributed by atoms with E-state index in [0.29, 0.717) is 29.0 Å². The predicted octanol–water partition coefficient (Wildman–Crippen LogP) is 1.66. The number of hydrogen-bond acceptors (Lipinski definition) is 7. The minimum Gasteiger partial charge on any atom is -0.493 e. The van der Waals surface area contributed by atoms with Gasteiger partial charge in [-0.2, -0.15) is 0 Å². The fourth-order valence-electron chi connectivity index (χ4n) is 4.14. The number of benzene rings is 1. The van der Waals surface area contributed by atoms with Crippen LogP contribution in [0, 0.1) is 0 Å². The van der Waals surface area contributed by atoms with Gasteiger partial charge in [0.2, 0.25) is 0 Å². The number of carbonyl (C=O) groups excluding carboxylic acids is 1. The van der Waals surface area contributed by atoms with Gasteiger partial charge in [0.1, 0.15) is 5.65 Å². The van der Waals surface area contributed by atoms with Crippen molar-refractivity contribution in [1.29, 1.82) is 0 Å². The molecular weight excluding hydrogens is 402 g/mol. The van der Waals surface area contributed by atoms with E-state index in [-0.39, 0.29) is 42.3 Å². The number of aromatic amines is 1. The average molecular weight is 425 g/mol. The summed E-state index contributed by atoms with van der Waals surface area (Å²) >= 11 is 0. The quantitative estimate of drug-likeness (QED) is 0.639. The number of fused-ring (bicyclic) bond motifs is 3. The second kappa shape index (κ2) is 8.35. The molecule has 4 rings (SSSR count). The van der Waals surface area contributed by atoms with Gasteiger partial charge in [-0.05, 0) is 35.6 Å². The van der Waals surface area contributed by atoms with E-state index in [0.717, 1.165) is 5.56 Å². The lowest BCUT2D eigenvalue weighted by Gasteiger charge is -2.25. The molecule has 0 radical (unpaired) electrons. The first-order valence-corrected chi connectivity index (χ1v) is 9.87. The fraction of sp³-hybridized carbons (Fsp3) is 0.364. The zero-order valence-electron chi connectivity index (χ0n) is 17.6. The summed E-state index contributed by atoms with van der Waals surface area (Å²) in [4.78, 5) is 44.6. The lowest BCUT2D eigenvalue weighted by atomic mass is 9.79. The molecule has 1 aliphatic rings. The fourth-order valence-corrected chi connectivity index (χ4v) is 4.14. The van der Waals surface area contributed by atoms with Crippen molar-refractivity contribution in [3.63, 3.8) is 0 Å². The Hall–Kier alpha value is -3.46. The molecule has 31 heavy (non-hydrogen) atoms. The average Bonchev–Trinajstić information content (AvgIpc) is 2.77. The lowest BCUT2D eigenvalue weighted by Crippen LogP contribution is -2.33. The van der Waals surface area contributed by atoms with Crippen LogP contribution in [-0.4, -0.2) is 48.3 Å². The number of ether oxygens (including phenoxy) is 3. The van der Waals surface area contributed by atoms with Gasteiger partial charge >= 0.3 is 5.69 Å². The molecule has 1 atom stereocenters. The molecule has 0 amide bonds. The summed E-state index contributed by atoms with van der Waals surface area (Å²) in [5.74, 6) is 0.930. The van der Waals surface area contributed by atoms with Gasteiger partial charge in [0.05, 0.1) is 32.8 Å². The number of Topliss-reactive ketones (excluding diaryl/α,β-unsaturated/α-hetero) is 1. The van der Waals surface area contributed by atoms with E-state index in [1.54, 1.807) is 20.3 Å². The molecule has 0 saturated heterocycles. The molecular formula is C22H23N3O6. The van der Waals surface area contributed by atoms with E-state index in [2.05, 4.69) is 9.97 Å². The maximum Gasteiger partial charge on any atom is 0.330 e. The van der Waals surface area contributed by atoms with Crippen LogP contribution in [0.5, 0.6) is 11.5 Å². The van der Waals surface area contributed by atoms with Crippen molar-refractivity contribution < 1.29 is 19.0 Å². The molecule has 0 fully saturated rings. The molecule has 9 nitrogen and oxygen atoms in total. The molecule has 2 heterocycles. The number of carbonyl (C=O) groups is 1. The highest BCUT2D eigenvalue weighted by molar-refractivity contribution is 6.02. The largest absolute Gasteiger partial charge is 0.493 e. The van der Waals surface area contributed by atoms with Gasteiger partial charge in [0, 0.05) is 25.3 Å². The minimum atomic E-state index is -0.555. The molecule has 0 spiro atoms. The molecule has 9 heteroatoms. The SMILES string of the molecule is COCCn1c(=O)[nH]c(=O)c2c3c(cnc21)C(=O)CC(c1ccc(OC)c(OC)c1)C3. The summed E-state index contributed by atoms with van der Waals surface area (Å²) in [5, 5.41) is 0.270. The summed E-state index contributed by atoms with van der Waals surface area (Å²) in [6.07, 6.45) is 2.21. The Morgan fingerprint density at radius 1 is 1.10 bits per heavy atom. The third-order valence-corrected chi connectivity index (χ3v) is 5.70. The third kappa shape index (κ3) is 3.61. The highest BCUT2D eigenvalue weighted by Crippen LogP contribution is 2.38. The van der Waals surface area contributed by atoms with Gasteiger partial charge < -0.3 is 14.2 Å². The highest BCUT2D eigenvalue weighted by Gasteiger charge is 2.30. The minimum absolute atomic E-state index is 0.0931.